The second-order valence-electron chi connectivity index (χ2n) is 5.73. The number of hydrogen-bond acceptors (Lipinski definition) is 2. The normalized spacial score (nSPS) is 24.6. The minimum Gasteiger partial charge on any atom is -0.326 e. The Morgan fingerprint density at radius 1 is 1.22 bits per heavy atom. The molecule has 2 unspecified atom stereocenters. The van der Waals surface area contributed by atoms with Gasteiger partial charge in [-0.15, -0.1) is 0 Å². The monoisotopic (exact) mass is 243 g/mol. The van der Waals surface area contributed by atoms with Crippen LogP contribution in [0, 0.1) is 19.8 Å². The molecule has 1 saturated heterocycles. The van der Waals surface area contributed by atoms with E-state index in [1.54, 1.807) is 0 Å². The number of fused-ring (bicyclic) bond motifs is 1. The van der Waals surface area contributed by atoms with E-state index in [9.17, 15) is 0 Å². The molecule has 3 nitrogen and oxygen atoms in total. The van der Waals surface area contributed by atoms with Gasteiger partial charge < -0.3 is 9.88 Å². The van der Waals surface area contributed by atoms with E-state index in [4.69, 9.17) is 0 Å². The lowest BCUT2D eigenvalue weighted by Crippen LogP contribution is -2.36. The maximum Gasteiger partial charge on any atom is 0.0961 e. The Morgan fingerprint density at radius 2 is 2.00 bits per heavy atom. The number of imidazole rings is 1. The first kappa shape index (κ1) is 11.7. The van der Waals surface area contributed by atoms with Crippen LogP contribution in [0.15, 0.2) is 18.5 Å². The zero-order valence-electron chi connectivity index (χ0n) is 11.4. The number of rotatable bonds is 1. The van der Waals surface area contributed by atoms with E-state index >= 15 is 0 Å². The first-order valence-electron chi connectivity index (χ1n) is 6.79. The van der Waals surface area contributed by atoms with Crippen LogP contribution in [0.5, 0.6) is 0 Å². The number of piperidine rings is 1. The van der Waals surface area contributed by atoms with Gasteiger partial charge in [-0.1, -0.05) is 6.92 Å². The van der Waals surface area contributed by atoms with Gasteiger partial charge in [0, 0.05) is 12.6 Å². The van der Waals surface area contributed by atoms with Crippen LogP contribution in [0.25, 0.3) is 11.0 Å². The average Bonchev–Trinajstić information content (AvgIpc) is 2.73. The van der Waals surface area contributed by atoms with E-state index in [2.05, 4.69) is 47.8 Å². The standard InChI is InChI=1S/C15H21N3/c1-10-4-13(8-16-7-10)18-9-17-14-5-11(2)12(3)6-15(14)18/h5-6,9-10,13,16H,4,7-8H2,1-3H3. The SMILES string of the molecule is Cc1cc2ncn(C3CNCC(C)C3)c2cc1C. The Morgan fingerprint density at radius 3 is 2.78 bits per heavy atom. The fourth-order valence-electron chi connectivity index (χ4n) is 2.91. The van der Waals surface area contributed by atoms with E-state index in [0.29, 0.717) is 6.04 Å². The van der Waals surface area contributed by atoms with E-state index in [-0.39, 0.29) is 0 Å². The lowest BCUT2D eigenvalue weighted by molar-refractivity contribution is 0.306. The molecule has 1 aliphatic heterocycles. The minimum absolute atomic E-state index is 0.542. The summed E-state index contributed by atoms with van der Waals surface area (Å²) in [6.45, 7) is 8.84. The molecule has 0 bridgehead atoms. The summed E-state index contributed by atoms with van der Waals surface area (Å²) < 4.78 is 2.35. The van der Waals surface area contributed by atoms with Crippen molar-refractivity contribution in [2.24, 2.45) is 5.92 Å². The fourth-order valence-corrected chi connectivity index (χ4v) is 2.91. The van der Waals surface area contributed by atoms with Crippen LogP contribution < -0.4 is 5.32 Å². The largest absolute Gasteiger partial charge is 0.326 e. The quantitative estimate of drug-likeness (QED) is 0.834. The molecule has 2 atom stereocenters. The molecule has 96 valence electrons. The van der Waals surface area contributed by atoms with Crippen LogP contribution in [0.1, 0.15) is 30.5 Å². The predicted octanol–water partition coefficient (Wildman–Crippen LogP) is 2.82. The highest BCUT2D eigenvalue weighted by molar-refractivity contribution is 5.77. The van der Waals surface area contributed by atoms with Gasteiger partial charge in [0.05, 0.1) is 17.4 Å². The van der Waals surface area contributed by atoms with Gasteiger partial charge in [-0.2, -0.15) is 0 Å². The van der Waals surface area contributed by atoms with Crippen molar-refractivity contribution in [3.63, 3.8) is 0 Å². The van der Waals surface area contributed by atoms with Gasteiger partial charge in [0.2, 0.25) is 0 Å². The molecular weight excluding hydrogens is 222 g/mol. The summed E-state index contributed by atoms with van der Waals surface area (Å²) in [7, 11) is 0. The first-order chi connectivity index (χ1) is 8.65. The van der Waals surface area contributed by atoms with Crippen LogP contribution in [0.3, 0.4) is 0 Å². The maximum atomic E-state index is 4.56. The van der Waals surface area contributed by atoms with Gasteiger partial charge in [-0.05, 0) is 56.0 Å². The molecule has 0 spiro atoms. The van der Waals surface area contributed by atoms with Crippen LogP contribution in [-0.2, 0) is 0 Å². The molecule has 0 saturated carbocycles. The molecule has 0 amide bonds. The molecule has 0 radical (unpaired) electrons. The van der Waals surface area contributed by atoms with Crippen molar-refractivity contribution in [3.05, 3.63) is 29.6 Å². The molecule has 1 aromatic heterocycles. The number of benzene rings is 1. The average molecular weight is 243 g/mol. The molecule has 2 aromatic rings. The number of hydrogen-bond donors (Lipinski definition) is 1. The predicted molar refractivity (Wildman–Crippen MR) is 74.9 cm³/mol. The summed E-state index contributed by atoms with van der Waals surface area (Å²) in [6, 6.07) is 5.01. The van der Waals surface area contributed by atoms with E-state index in [1.807, 2.05) is 6.33 Å². The highest BCUT2D eigenvalue weighted by atomic mass is 15.1. The molecule has 1 fully saturated rings. The summed E-state index contributed by atoms with van der Waals surface area (Å²) in [5.74, 6) is 0.743. The van der Waals surface area contributed by atoms with Gasteiger partial charge in [0.25, 0.3) is 0 Å². The zero-order chi connectivity index (χ0) is 12.7. The van der Waals surface area contributed by atoms with Crippen molar-refractivity contribution in [3.8, 4) is 0 Å². The van der Waals surface area contributed by atoms with E-state index in [1.165, 1.54) is 23.1 Å². The molecule has 3 heteroatoms. The third-order valence-corrected chi connectivity index (χ3v) is 4.13. The maximum absolute atomic E-state index is 4.56. The van der Waals surface area contributed by atoms with Gasteiger partial charge in [0.1, 0.15) is 0 Å². The van der Waals surface area contributed by atoms with Gasteiger partial charge in [-0.25, -0.2) is 4.98 Å². The molecular formula is C15H21N3. The van der Waals surface area contributed by atoms with Crippen LogP contribution in [0.4, 0.5) is 0 Å². The summed E-state index contributed by atoms with van der Waals surface area (Å²) in [6.07, 6.45) is 3.25. The van der Waals surface area contributed by atoms with Crippen molar-refractivity contribution < 1.29 is 0 Å². The molecule has 1 aliphatic rings. The summed E-state index contributed by atoms with van der Waals surface area (Å²) in [4.78, 5) is 4.56. The Balaban J connectivity index is 2.04. The third kappa shape index (κ3) is 1.93. The Hall–Kier alpha value is -1.35. The zero-order valence-corrected chi connectivity index (χ0v) is 11.4. The smallest absolute Gasteiger partial charge is 0.0961 e. The Bertz CT molecular complexity index is 570. The van der Waals surface area contributed by atoms with Crippen molar-refractivity contribution in [1.29, 1.82) is 0 Å². The fraction of sp³-hybridized carbons (Fsp3) is 0.533. The van der Waals surface area contributed by atoms with Crippen molar-refractivity contribution in [2.75, 3.05) is 13.1 Å². The molecule has 2 heterocycles. The minimum atomic E-state index is 0.542. The summed E-state index contributed by atoms with van der Waals surface area (Å²) >= 11 is 0. The number of aryl methyl sites for hydroxylation is 2. The highest BCUT2D eigenvalue weighted by Gasteiger charge is 2.21. The summed E-state index contributed by atoms with van der Waals surface area (Å²) in [5.41, 5.74) is 5.07. The van der Waals surface area contributed by atoms with Crippen molar-refractivity contribution in [2.45, 2.75) is 33.2 Å². The lowest BCUT2D eigenvalue weighted by Gasteiger charge is -2.29. The number of nitrogens with zero attached hydrogens (tertiary/aromatic N) is 2. The summed E-state index contributed by atoms with van der Waals surface area (Å²) in [5, 5.41) is 3.51. The van der Waals surface area contributed by atoms with E-state index in [0.717, 1.165) is 24.5 Å². The highest BCUT2D eigenvalue weighted by Crippen LogP contribution is 2.26. The van der Waals surface area contributed by atoms with Crippen LogP contribution in [0.2, 0.25) is 0 Å². The Kier molecular flexibility index (Phi) is 2.86. The van der Waals surface area contributed by atoms with Gasteiger partial charge in [0.15, 0.2) is 0 Å². The van der Waals surface area contributed by atoms with Crippen LogP contribution in [-0.4, -0.2) is 22.6 Å². The second kappa shape index (κ2) is 4.39. The first-order valence-corrected chi connectivity index (χ1v) is 6.79. The van der Waals surface area contributed by atoms with Gasteiger partial charge in [-0.3, -0.25) is 0 Å². The number of aromatic nitrogens is 2. The molecule has 1 N–H and O–H groups in total. The molecule has 1 aromatic carbocycles. The third-order valence-electron chi connectivity index (χ3n) is 4.13. The Labute approximate surface area is 108 Å². The molecule has 3 rings (SSSR count). The van der Waals surface area contributed by atoms with Crippen molar-refractivity contribution >= 4 is 11.0 Å². The lowest BCUT2D eigenvalue weighted by atomic mass is 9.97. The van der Waals surface area contributed by atoms with Crippen LogP contribution >= 0.6 is 0 Å². The second-order valence-corrected chi connectivity index (χ2v) is 5.73. The molecule has 18 heavy (non-hydrogen) atoms. The van der Waals surface area contributed by atoms with Gasteiger partial charge >= 0.3 is 0 Å². The van der Waals surface area contributed by atoms with E-state index < -0.39 is 0 Å². The van der Waals surface area contributed by atoms with Crippen molar-refractivity contribution in [1.82, 2.24) is 14.9 Å². The number of nitrogens with one attached hydrogen (secondary N) is 1. The topological polar surface area (TPSA) is 29.9 Å². The molecule has 0 aliphatic carbocycles.